The fourth-order valence-corrected chi connectivity index (χ4v) is 1.90. The van der Waals surface area contributed by atoms with Gasteiger partial charge in [0.1, 0.15) is 5.75 Å². The van der Waals surface area contributed by atoms with Gasteiger partial charge in [-0.1, -0.05) is 26.0 Å². The van der Waals surface area contributed by atoms with Crippen LogP contribution in [0.2, 0.25) is 0 Å². The maximum Gasteiger partial charge on any atom is 0.219 e. The van der Waals surface area contributed by atoms with Crippen molar-refractivity contribution in [3.8, 4) is 11.6 Å². The maximum absolute atomic E-state index is 9.47. The maximum atomic E-state index is 9.47. The average molecular weight is 271 g/mol. The molecule has 3 heteroatoms. The number of benzene rings is 1. The molecule has 0 aliphatic carbocycles. The molecule has 2 rings (SSSR count). The Kier molecular flexibility index (Phi) is 4.40. The van der Waals surface area contributed by atoms with E-state index in [-0.39, 0.29) is 0 Å². The lowest BCUT2D eigenvalue weighted by Crippen LogP contribution is -1.96. The lowest BCUT2D eigenvalue weighted by molar-refractivity contribution is 0.198. The number of hydrogen-bond donors (Lipinski definition) is 1. The van der Waals surface area contributed by atoms with Crippen LogP contribution in [0.15, 0.2) is 36.5 Å². The first-order valence-electron chi connectivity index (χ1n) is 6.90. The molecule has 0 aliphatic heterocycles. The summed E-state index contributed by atoms with van der Waals surface area (Å²) in [5.41, 5.74) is 3.10. The van der Waals surface area contributed by atoms with Crippen molar-refractivity contribution in [3.63, 3.8) is 0 Å². The summed E-state index contributed by atoms with van der Waals surface area (Å²) in [6.07, 6.45) is 1.13. The minimum Gasteiger partial charge on any atom is -0.439 e. The van der Waals surface area contributed by atoms with Gasteiger partial charge in [-0.2, -0.15) is 0 Å². The van der Waals surface area contributed by atoms with Crippen LogP contribution in [0.25, 0.3) is 0 Å². The van der Waals surface area contributed by atoms with Gasteiger partial charge in [-0.15, -0.1) is 0 Å². The van der Waals surface area contributed by atoms with Gasteiger partial charge in [0.25, 0.3) is 0 Å². The number of pyridine rings is 1. The van der Waals surface area contributed by atoms with E-state index in [0.29, 0.717) is 11.8 Å². The van der Waals surface area contributed by atoms with E-state index in [9.17, 15) is 5.11 Å². The number of aliphatic hydroxyl groups is 1. The third kappa shape index (κ3) is 3.36. The van der Waals surface area contributed by atoms with Crippen LogP contribution in [0.1, 0.15) is 49.5 Å². The van der Waals surface area contributed by atoms with E-state index in [1.807, 2.05) is 13.0 Å². The van der Waals surface area contributed by atoms with Crippen molar-refractivity contribution in [1.29, 1.82) is 0 Å². The molecular formula is C17H21NO2. The Bertz CT molecular complexity index is 574. The second kappa shape index (κ2) is 6.06. The number of hydrogen-bond acceptors (Lipinski definition) is 3. The normalized spacial score (nSPS) is 12.5. The van der Waals surface area contributed by atoms with Crippen LogP contribution in [-0.2, 0) is 0 Å². The molecule has 1 aromatic carbocycles. The fraction of sp³-hybridized carbons (Fsp3) is 0.353. The van der Waals surface area contributed by atoms with Gasteiger partial charge < -0.3 is 9.84 Å². The van der Waals surface area contributed by atoms with Crippen molar-refractivity contribution < 1.29 is 9.84 Å². The number of rotatable bonds is 4. The first-order chi connectivity index (χ1) is 9.47. The van der Waals surface area contributed by atoms with Crippen LogP contribution < -0.4 is 4.74 Å². The molecule has 0 spiro atoms. The van der Waals surface area contributed by atoms with E-state index in [0.717, 1.165) is 16.9 Å². The van der Waals surface area contributed by atoms with E-state index in [4.69, 9.17) is 4.74 Å². The Morgan fingerprint density at radius 1 is 1.05 bits per heavy atom. The minimum atomic E-state index is -0.512. The number of aryl methyl sites for hydroxylation is 1. The summed E-state index contributed by atoms with van der Waals surface area (Å²) in [5.74, 6) is 1.83. The number of nitrogens with zero attached hydrogens (tertiary/aromatic N) is 1. The molecule has 0 aliphatic rings. The quantitative estimate of drug-likeness (QED) is 0.898. The molecule has 1 atom stereocenters. The van der Waals surface area contributed by atoms with Crippen molar-refractivity contribution in [3.05, 3.63) is 53.2 Å². The minimum absolute atomic E-state index is 0.462. The van der Waals surface area contributed by atoms with E-state index in [1.165, 1.54) is 5.56 Å². The molecule has 3 nitrogen and oxygen atoms in total. The topological polar surface area (TPSA) is 42.4 Å². The Balaban J connectivity index is 2.23. The molecule has 1 N–H and O–H groups in total. The average Bonchev–Trinajstić information content (AvgIpc) is 2.41. The highest BCUT2D eigenvalue weighted by Crippen LogP contribution is 2.28. The Morgan fingerprint density at radius 3 is 2.30 bits per heavy atom. The van der Waals surface area contributed by atoms with Crippen LogP contribution in [-0.4, -0.2) is 10.1 Å². The van der Waals surface area contributed by atoms with E-state index >= 15 is 0 Å². The molecule has 0 radical (unpaired) electrons. The number of ether oxygens (including phenoxy) is 1. The lowest BCUT2D eigenvalue weighted by Gasteiger charge is -2.12. The number of aromatic nitrogens is 1. The SMILES string of the molecule is Cc1ccc(C(C)C)cc1Oc1ccc(C(C)O)cn1. The zero-order valence-electron chi connectivity index (χ0n) is 12.4. The van der Waals surface area contributed by atoms with E-state index < -0.39 is 6.10 Å². The summed E-state index contributed by atoms with van der Waals surface area (Å²) in [6.45, 7) is 8.05. The smallest absolute Gasteiger partial charge is 0.219 e. The molecule has 0 bridgehead atoms. The summed E-state index contributed by atoms with van der Waals surface area (Å²) in [7, 11) is 0. The highest BCUT2D eigenvalue weighted by atomic mass is 16.5. The summed E-state index contributed by atoms with van der Waals surface area (Å²) >= 11 is 0. The summed E-state index contributed by atoms with van der Waals surface area (Å²) in [6, 6.07) is 9.86. The second-order valence-electron chi connectivity index (χ2n) is 5.39. The summed E-state index contributed by atoms with van der Waals surface area (Å²) in [5, 5.41) is 9.47. The molecule has 1 heterocycles. The molecule has 0 fully saturated rings. The largest absolute Gasteiger partial charge is 0.439 e. The van der Waals surface area contributed by atoms with Crippen molar-refractivity contribution in [1.82, 2.24) is 4.98 Å². The van der Waals surface area contributed by atoms with Gasteiger partial charge >= 0.3 is 0 Å². The summed E-state index contributed by atoms with van der Waals surface area (Å²) in [4.78, 5) is 4.23. The molecular weight excluding hydrogens is 250 g/mol. The van der Waals surface area contributed by atoms with Gasteiger partial charge in [0.2, 0.25) is 5.88 Å². The van der Waals surface area contributed by atoms with Gasteiger partial charge in [-0.3, -0.25) is 0 Å². The second-order valence-corrected chi connectivity index (χ2v) is 5.39. The molecule has 0 saturated heterocycles. The molecule has 2 aromatic rings. The Morgan fingerprint density at radius 2 is 1.75 bits per heavy atom. The summed E-state index contributed by atoms with van der Waals surface area (Å²) < 4.78 is 5.84. The van der Waals surface area contributed by atoms with Crippen LogP contribution in [0.3, 0.4) is 0 Å². The first-order valence-corrected chi connectivity index (χ1v) is 6.90. The molecule has 1 aromatic heterocycles. The van der Waals surface area contributed by atoms with Crippen molar-refractivity contribution >= 4 is 0 Å². The predicted octanol–water partition coefficient (Wildman–Crippen LogP) is 4.36. The van der Waals surface area contributed by atoms with Gasteiger partial charge in [0, 0.05) is 12.3 Å². The van der Waals surface area contributed by atoms with Gasteiger partial charge in [-0.05, 0) is 48.6 Å². The molecule has 1 unspecified atom stereocenters. The van der Waals surface area contributed by atoms with E-state index in [1.54, 1.807) is 19.2 Å². The van der Waals surface area contributed by atoms with Crippen LogP contribution >= 0.6 is 0 Å². The monoisotopic (exact) mass is 271 g/mol. The van der Waals surface area contributed by atoms with Crippen LogP contribution in [0.5, 0.6) is 11.6 Å². The van der Waals surface area contributed by atoms with Crippen molar-refractivity contribution in [2.45, 2.75) is 39.7 Å². The first kappa shape index (κ1) is 14.5. The van der Waals surface area contributed by atoms with Crippen LogP contribution in [0, 0.1) is 6.92 Å². The highest BCUT2D eigenvalue weighted by Gasteiger charge is 2.07. The zero-order chi connectivity index (χ0) is 14.7. The van der Waals surface area contributed by atoms with Gasteiger partial charge in [0.15, 0.2) is 0 Å². The Hall–Kier alpha value is -1.87. The molecule has 0 amide bonds. The molecule has 0 saturated carbocycles. The highest BCUT2D eigenvalue weighted by molar-refractivity contribution is 5.40. The fourth-order valence-electron chi connectivity index (χ4n) is 1.90. The number of aliphatic hydroxyl groups excluding tert-OH is 1. The zero-order valence-corrected chi connectivity index (χ0v) is 12.4. The third-order valence-corrected chi connectivity index (χ3v) is 3.34. The van der Waals surface area contributed by atoms with Gasteiger partial charge in [-0.25, -0.2) is 4.98 Å². The lowest BCUT2D eigenvalue weighted by atomic mass is 10.0. The standard InChI is InChI=1S/C17H21NO2/c1-11(2)14-6-5-12(3)16(9-14)20-17-8-7-15(10-18-17)13(4)19/h5-11,13,19H,1-4H3. The van der Waals surface area contributed by atoms with Crippen LogP contribution in [0.4, 0.5) is 0 Å². The van der Waals surface area contributed by atoms with E-state index in [2.05, 4.69) is 37.0 Å². The molecule has 106 valence electrons. The third-order valence-electron chi connectivity index (χ3n) is 3.34. The predicted molar refractivity (Wildman–Crippen MR) is 80.2 cm³/mol. The Labute approximate surface area is 120 Å². The van der Waals surface area contributed by atoms with Gasteiger partial charge in [0.05, 0.1) is 6.10 Å². The van der Waals surface area contributed by atoms with Crippen molar-refractivity contribution in [2.24, 2.45) is 0 Å². The molecule has 20 heavy (non-hydrogen) atoms. The van der Waals surface area contributed by atoms with Crippen molar-refractivity contribution in [2.75, 3.05) is 0 Å².